The second-order valence-electron chi connectivity index (χ2n) is 7.48. The van der Waals surface area contributed by atoms with Crippen molar-refractivity contribution < 1.29 is 13.2 Å². The summed E-state index contributed by atoms with van der Waals surface area (Å²) in [7, 11) is -3.40. The van der Waals surface area contributed by atoms with Crippen LogP contribution in [0.3, 0.4) is 0 Å². The van der Waals surface area contributed by atoms with Crippen molar-refractivity contribution in [1.82, 2.24) is 5.32 Å². The minimum absolute atomic E-state index is 0.0263. The van der Waals surface area contributed by atoms with E-state index in [4.69, 9.17) is 0 Å². The van der Waals surface area contributed by atoms with Crippen molar-refractivity contribution in [2.24, 2.45) is 0 Å². The first-order valence-corrected chi connectivity index (χ1v) is 10.3. The van der Waals surface area contributed by atoms with E-state index in [0.717, 1.165) is 11.8 Å². The lowest BCUT2D eigenvalue weighted by atomic mass is 9.86. The van der Waals surface area contributed by atoms with E-state index in [-0.39, 0.29) is 17.4 Å². The zero-order chi connectivity index (χ0) is 19.5. The van der Waals surface area contributed by atoms with Crippen LogP contribution >= 0.6 is 0 Å². The van der Waals surface area contributed by atoms with Crippen molar-refractivity contribution in [3.8, 4) is 0 Å². The quantitative estimate of drug-likeness (QED) is 0.835. The van der Waals surface area contributed by atoms with Crippen LogP contribution in [-0.2, 0) is 15.4 Å². The van der Waals surface area contributed by atoms with Crippen LogP contribution in [0.25, 0.3) is 0 Å². The Kier molecular flexibility index (Phi) is 5.76. The van der Waals surface area contributed by atoms with E-state index in [2.05, 4.69) is 30.8 Å². The first-order valence-electron chi connectivity index (χ1n) is 8.45. The Morgan fingerprint density at radius 3 is 2.12 bits per heavy atom. The molecule has 26 heavy (non-hydrogen) atoms. The zero-order valence-electron chi connectivity index (χ0n) is 15.8. The number of hydrogen-bond donors (Lipinski definition) is 2. The van der Waals surface area contributed by atoms with Gasteiger partial charge in [0, 0.05) is 5.56 Å². The molecule has 0 bridgehead atoms. The molecule has 0 fully saturated rings. The fourth-order valence-corrected chi connectivity index (χ4v) is 3.23. The lowest BCUT2D eigenvalue weighted by Gasteiger charge is -2.20. The maximum absolute atomic E-state index is 12.5. The molecule has 140 valence electrons. The van der Waals surface area contributed by atoms with Crippen molar-refractivity contribution >= 4 is 21.6 Å². The highest BCUT2D eigenvalue weighted by Gasteiger charge is 2.17. The fourth-order valence-electron chi connectivity index (χ4n) is 2.65. The number of para-hydroxylation sites is 1. The Balaban J connectivity index is 2.17. The summed E-state index contributed by atoms with van der Waals surface area (Å²) in [6, 6.07) is 14.2. The van der Waals surface area contributed by atoms with Gasteiger partial charge in [0.15, 0.2) is 0 Å². The van der Waals surface area contributed by atoms with Gasteiger partial charge in [-0.25, -0.2) is 8.42 Å². The van der Waals surface area contributed by atoms with Crippen molar-refractivity contribution in [1.29, 1.82) is 0 Å². The average Bonchev–Trinajstić information content (AvgIpc) is 2.53. The van der Waals surface area contributed by atoms with E-state index < -0.39 is 10.0 Å². The van der Waals surface area contributed by atoms with Crippen molar-refractivity contribution in [2.45, 2.75) is 39.2 Å². The Bertz CT molecular complexity index is 882. The number of nitrogens with one attached hydrogen (secondary N) is 2. The molecule has 0 radical (unpaired) electrons. The van der Waals surface area contributed by atoms with Gasteiger partial charge in [-0.15, -0.1) is 0 Å². The molecule has 0 aromatic heterocycles. The highest BCUT2D eigenvalue weighted by atomic mass is 32.2. The molecule has 2 aromatic carbocycles. The van der Waals surface area contributed by atoms with Gasteiger partial charge in [-0.2, -0.15) is 0 Å². The molecule has 0 aliphatic carbocycles. The normalized spacial score (nSPS) is 13.1. The molecule has 2 rings (SSSR count). The standard InChI is InChI=1S/C20H26N2O3S/c1-14(17-8-6-7-9-18(17)22-26(5,24)25)21-19(23)15-10-12-16(13-11-15)20(2,3)4/h6-14,22H,1-5H3,(H,21,23). The van der Waals surface area contributed by atoms with Gasteiger partial charge in [0.2, 0.25) is 10.0 Å². The van der Waals surface area contributed by atoms with Crippen LogP contribution in [0.2, 0.25) is 0 Å². The summed E-state index contributed by atoms with van der Waals surface area (Å²) in [4.78, 5) is 12.5. The van der Waals surface area contributed by atoms with Crippen LogP contribution in [0, 0.1) is 0 Å². The largest absolute Gasteiger partial charge is 0.345 e. The number of rotatable bonds is 5. The molecule has 6 heteroatoms. The molecule has 0 saturated heterocycles. The first kappa shape index (κ1) is 20.0. The van der Waals surface area contributed by atoms with Crippen LogP contribution in [0.5, 0.6) is 0 Å². The molecule has 1 atom stereocenters. The average molecular weight is 375 g/mol. The number of sulfonamides is 1. The minimum atomic E-state index is -3.40. The van der Waals surface area contributed by atoms with E-state index in [0.29, 0.717) is 16.8 Å². The Labute approximate surface area is 155 Å². The molecule has 1 amide bonds. The minimum Gasteiger partial charge on any atom is -0.345 e. The molecule has 0 aliphatic heterocycles. The highest BCUT2D eigenvalue weighted by molar-refractivity contribution is 7.92. The summed E-state index contributed by atoms with van der Waals surface area (Å²) in [6.45, 7) is 8.19. The number of carbonyl (C=O) groups excluding carboxylic acids is 1. The van der Waals surface area contributed by atoms with Crippen LogP contribution in [0.4, 0.5) is 5.69 Å². The maximum atomic E-state index is 12.5. The molecular weight excluding hydrogens is 348 g/mol. The lowest BCUT2D eigenvalue weighted by Crippen LogP contribution is -2.27. The third-order valence-corrected chi connectivity index (χ3v) is 4.67. The number of amides is 1. The summed E-state index contributed by atoms with van der Waals surface area (Å²) in [5, 5.41) is 2.92. The van der Waals surface area contributed by atoms with E-state index in [1.165, 1.54) is 0 Å². The van der Waals surface area contributed by atoms with Crippen molar-refractivity contribution in [3.05, 3.63) is 65.2 Å². The van der Waals surface area contributed by atoms with Crippen LogP contribution in [0.1, 0.15) is 55.2 Å². The van der Waals surface area contributed by atoms with Gasteiger partial charge < -0.3 is 5.32 Å². The maximum Gasteiger partial charge on any atom is 0.251 e. The SMILES string of the molecule is CC(NC(=O)c1ccc(C(C)(C)C)cc1)c1ccccc1NS(C)(=O)=O. The number of hydrogen-bond acceptors (Lipinski definition) is 3. The van der Waals surface area contributed by atoms with Crippen LogP contribution < -0.4 is 10.0 Å². The molecule has 0 aliphatic rings. The molecule has 0 spiro atoms. The predicted octanol–water partition coefficient (Wildman–Crippen LogP) is 3.85. The van der Waals surface area contributed by atoms with Gasteiger partial charge in [-0.3, -0.25) is 9.52 Å². The molecule has 2 aromatic rings. The molecule has 0 saturated carbocycles. The summed E-state index contributed by atoms with van der Waals surface area (Å²) in [5.41, 5.74) is 2.92. The van der Waals surface area contributed by atoms with Gasteiger partial charge in [0.25, 0.3) is 5.91 Å². The molecule has 1 unspecified atom stereocenters. The lowest BCUT2D eigenvalue weighted by molar-refractivity contribution is 0.0940. The Hall–Kier alpha value is -2.34. The van der Waals surface area contributed by atoms with Crippen LogP contribution in [0.15, 0.2) is 48.5 Å². The Morgan fingerprint density at radius 1 is 1.00 bits per heavy atom. The monoisotopic (exact) mass is 374 g/mol. The van der Waals surface area contributed by atoms with Crippen molar-refractivity contribution in [2.75, 3.05) is 11.0 Å². The summed E-state index contributed by atoms with van der Waals surface area (Å²) in [5.74, 6) is -0.202. The van der Waals surface area contributed by atoms with E-state index in [1.54, 1.807) is 18.2 Å². The van der Waals surface area contributed by atoms with E-state index in [9.17, 15) is 13.2 Å². The third-order valence-electron chi connectivity index (χ3n) is 4.08. The topological polar surface area (TPSA) is 75.3 Å². The fraction of sp³-hybridized carbons (Fsp3) is 0.350. The van der Waals surface area contributed by atoms with E-state index >= 15 is 0 Å². The van der Waals surface area contributed by atoms with Crippen molar-refractivity contribution in [3.63, 3.8) is 0 Å². The van der Waals surface area contributed by atoms with Gasteiger partial charge >= 0.3 is 0 Å². The number of benzene rings is 2. The Morgan fingerprint density at radius 2 is 1.58 bits per heavy atom. The number of anilines is 1. The summed E-state index contributed by atoms with van der Waals surface area (Å²) >= 11 is 0. The smallest absolute Gasteiger partial charge is 0.251 e. The number of carbonyl (C=O) groups is 1. The molecule has 5 nitrogen and oxygen atoms in total. The molecule has 0 heterocycles. The second kappa shape index (κ2) is 7.50. The highest BCUT2D eigenvalue weighted by Crippen LogP contribution is 2.25. The van der Waals surface area contributed by atoms with Gasteiger partial charge in [0.1, 0.15) is 0 Å². The van der Waals surface area contributed by atoms with E-state index in [1.807, 2.05) is 37.3 Å². The first-order chi connectivity index (χ1) is 12.0. The van der Waals surface area contributed by atoms with Crippen LogP contribution in [-0.4, -0.2) is 20.6 Å². The van der Waals surface area contributed by atoms with Gasteiger partial charge in [0.05, 0.1) is 18.0 Å². The zero-order valence-corrected chi connectivity index (χ0v) is 16.6. The summed E-state index contributed by atoms with van der Waals surface area (Å²) in [6.07, 6.45) is 1.10. The predicted molar refractivity (Wildman–Crippen MR) is 106 cm³/mol. The molecular formula is C20H26N2O3S. The second-order valence-corrected chi connectivity index (χ2v) is 9.23. The summed E-state index contributed by atoms with van der Waals surface area (Å²) < 4.78 is 25.6. The van der Waals surface area contributed by atoms with Gasteiger partial charge in [-0.1, -0.05) is 51.1 Å². The molecule has 2 N–H and O–H groups in total. The third kappa shape index (κ3) is 5.33. The van der Waals surface area contributed by atoms with Gasteiger partial charge in [-0.05, 0) is 41.7 Å².